The standard InChI is InChI=1S/C22H25F3N2O3S/c1-14(15-7-6-8-16(13-15)22(23,24)25)26-21(29)18(11-12-31-3)27-20(28)17-9-4-5-10-19(17)30-2/h4-10,13-14,18H,11-12H2,1-3H3,(H,26,29)(H,27,28). The van der Waals surface area contributed by atoms with Crippen LogP contribution >= 0.6 is 11.8 Å². The normalized spacial score (nSPS) is 13.2. The van der Waals surface area contributed by atoms with Crippen LogP contribution in [-0.4, -0.2) is 37.0 Å². The number of hydrogen-bond donors (Lipinski definition) is 2. The highest BCUT2D eigenvalue weighted by atomic mass is 32.2. The minimum absolute atomic E-state index is 0.290. The van der Waals surface area contributed by atoms with E-state index in [0.29, 0.717) is 23.5 Å². The molecule has 5 nitrogen and oxygen atoms in total. The summed E-state index contributed by atoms with van der Waals surface area (Å²) in [5.74, 6) is 0.0522. The summed E-state index contributed by atoms with van der Waals surface area (Å²) < 4.78 is 44.1. The van der Waals surface area contributed by atoms with E-state index in [2.05, 4.69) is 10.6 Å². The van der Waals surface area contributed by atoms with Crippen LogP contribution in [0, 0.1) is 0 Å². The van der Waals surface area contributed by atoms with Gasteiger partial charge in [0.15, 0.2) is 0 Å². The molecule has 0 aliphatic carbocycles. The first-order valence-corrected chi connectivity index (χ1v) is 11.0. The number of thioether (sulfide) groups is 1. The summed E-state index contributed by atoms with van der Waals surface area (Å²) in [6, 6.07) is 9.92. The number of para-hydroxylation sites is 1. The van der Waals surface area contributed by atoms with Gasteiger partial charge in [-0.25, -0.2) is 0 Å². The second-order valence-electron chi connectivity index (χ2n) is 6.86. The molecule has 0 bridgehead atoms. The molecule has 2 atom stereocenters. The molecule has 2 aromatic carbocycles. The molecule has 0 spiro atoms. The predicted molar refractivity (Wildman–Crippen MR) is 115 cm³/mol. The Morgan fingerprint density at radius 2 is 1.81 bits per heavy atom. The van der Waals surface area contributed by atoms with Crippen molar-refractivity contribution >= 4 is 23.6 Å². The first-order chi connectivity index (χ1) is 14.7. The van der Waals surface area contributed by atoms with Gasteiger partial charge in [0.25, 0.3) is 5.91 Å². The van der Waals surface area contributed by atoms with Crippen LogP contribution in [0.4, 0.5) is 13.2 Å². The number of amides is 2. The average Bonchev–Trinajstić information content (AvgIpc) is 2.75. The van der Waals surface area contributed by atoms with Crippen molar-refractivity contribution in [1.82, 2.24) is 10.6 Å². The molecule has 0 aliphatic rings. The van der Waals surface area contributed by atoms with Gasteiger partial charge in [-0.1, -0.05) is 24.3 Å². The molecular formula is C22H25F3N2O3S. The highest BCUT2D eigenvalue weighted by Crippen LogP contribution is 2.30. The Morgan fingerprint density at radius 3 is 2.45 bits per heavy atom. The summed E-state index contributed by atoms with van der Waals surface area (Å²) in [4.78, 5) is 25.6. The number of ether oxygens (including phenoxy) is 1. The lowest BCUT2D eigenvalue weighted by molar-refractivity contribution is -0.137. The van der Waals surface area contributed by atoms with Crippen LogP contribution < -0.4 is 15.4 Å². The first-order valence-electron chi connectivity index (χ1n) is 9.57. The van der Waals surface area contributed by atoms with Gasteiger partial charge in [0, 0.05) is 0 Å². The molecule has 0 saturated carbocycles. The Morgan fingerprint density at radius 1 is 1.10 bits per heavy atom. The monoisotopic (exact) mass is 454 g/mol. The first kappa shape index (κ1) is 24.6. The Bertz CT molecular complexity index is 906. The van der Waals surface area contributed by atoms with Gasteiger partial charge >= 0.3 is 6.18 Å². The van der Waals surface area contributed by atoms with Crippen molar-refractivity contribution in [2.75, 3.05) is 19.1 Å². The van der Waals surface area contributed by atoms with Crippen LogP contribution in [0.15, 0.2) is 48.5 Å². The summed E-state index contributed by atoms with van der Waals surface area (Å²) in [5.41, 5.74) is -0.171. The third kappa shape index (κ3) is 6.92. The zero-order chi connectivity index (χ0) is 23.0. The van der Waals surface area contributed by atoms with Gasteiger partial charge in [-0.3, -0.25) is 9.59 Å². The van der Waals surface area contributed by atoms with E-state index in [1.54, 1.807) is 31.2 Å². The Balaban J connectivity index is 2.15. The zero-order valence-corrected chi connectivity index (χ0v) is 18.3. The Labute approximate surface area is 183 Å². The third-order valence-electron chi connectivity index (χ3n) is 4.66. The van der Waals surface area contributed by atoms with Gasteiger partial charge in [0.05, 0.1) is 24.3 Å². The number of methoxy groups -OCH3 is 1. The molecule has 0 saturated heterocycles. The number of benzene rings is 2. The molecule has 2 amide bonds. The minimum atomic E-state index is -4.47. The topological polar surface area (TPSA) is 67.4 Å². The second kappa shape index (κ2) is 11.1. The van der Waals surface area contributed by atoms with Crippen LogP contribution in [0.25, 0.3) is 0 Å². The number of carbonyl (C=O) groups excluding carboxylic acids is 2. The molecule has 31 heavy (non-hydrogen) atoms. The highest BCUT2D eigenvalue weighted by Gasteiger charge is 2.31. The van der Waals surface area contributed by atoms with Gasteiger partial charge in [-0.2, -0.15) is 24.9 Å². The summed E-state index contributed by atoms with van der Waals surface area (Å²) in [6.45, 7) is 1.60. The molecule has 0 fully saturated rings. The molecule has 0 radical (unpaired) electrons. The number of nitrogens with one attached hydrogen (secondary N) is 2. The van der Waals surface area contributed by atoms with Crippen molar-refractivity contribution in [3.8, 4) is 5.75 Å². The zero-order valence-electron chi connectivity index (χ0n) is 17.5. The SMILES string of the molecule is COc1ccccc1C(=O)NC(CCSC)C(=O)NC(C)c1cccc(C(F)(F)F)c1. The summed E-state index contributed by atoms with van der Waals surface area (Å²) in [5, 5.41) is 5.42. The summed E-state index contributed by atoms with van der Waals surface area (Å²) in [7, 11) is 1.45. The van der Waals surface area contributed by atoms with Crippen molar-refractivity contribution in [3.05, 3.63) is 65.2 Å². The van der Waals surface area contributed by atoms with Crippen LogP contribution in [0.3, 0.4) is 0 Å². The molecule has 2 unspecified atom stereocenters. The van der Waals surface area contributed by atoms with E-state index in [1.807, 2.05) is 6.26 Å². The lowest BCUT2D eigenvalue weighted by Crippen LogP contribution is -2.47. The maximum atomic E-state index is 13.0. The molecule has 2 aromatic rings. The summed E-state index contributed by atoms with van der Waals surface area (Å²) >= 11 is 1.52. The number of alkyl halides is 3. The molecule has 0 aromatic heterocycles. The third-order valence-corrected chi connectivity index (χ3v) is 5.30. The van der Waals surface area contributed by atoms with Crippen LogP contribution in [-0.2, 0) is 11.0 Å². The Kier molecular flexibility index (Phi) is 8.79. The number of rotatable bonds is 9. The predicted octanol–water partition coefficient (Wildman–Crippen LogP) is 4.44. The molecule has 0 heterocycles. The Hall–Kier alpha value is -2.68. The van der Waals surface area contributed by atoms with E-state index >= 15 is 0 Å². The fourth-order valence-electron chi connectivity index (χ4n) is 2.95. The van der Waals surface area contributed by atoms with E-state index in [9.17, 15) is 22.8 Å². The fraction of sp³-hybridized carbons (Fsp3) is 0.364. The average molecular weight is 455 g/mol. The van der Waals surface area contributed by atoms with E-state index < -0.39 is 35.6 Å². The van der Waals surface area contributed by atoms with Crippen LogP contribution in [0.1, 0.15) is 40.9 Å². The van der Waals surface area contributed by atoms with Crippen LogP contribution in [0.5, 0.6) is 5.75 Å². The number of carbonyl (C=O) groups is 2. The summed E-state index contributed by atoms with van der Waals surface area (Å²) in [6.07, 6.45) is -2.23. The van der Waals surface area contributed by atoms with Crippen molar-refractivity contribution in [2.24, 2.45) is 0 Å². The largest absolute Gasteiger partial charge is 0.496 e. The molecule has 2 rings (SSSR count). The molecule has 2 N–H and O–H groups in total. The molecule has 0 aliphatic heterocycles. The smallest absolute Gasteiger partial charge is 0.416 e. The van der Waals surface area contributed by atoms with Crippen molar-refractivity contribution in [3.63, 3.8) is 0 Å². The van der Waals surface area contributed by atoms with E-state index in [4.69, 9.17) is 4.74 Å². The van der Waals surface area contributed by atoms with Gasteiger partial charge in [-0.15, -0.1) is 0 Å². The van der Waals surface area contributed by atoms with E-state index in [1.165, 1.54) is 31.0 Å². The number of hydrogen-bond acceptors (Lipinski definition) is 4. The van der Waals surface area contributed by atoms with Gasteiger partial charge in [0.2, 0.25) is 5.91 Å². The van der Waals surface area contributed by atoms with Crippen LogP contribution in [0.2, 0.25) is 0 Å². The van der Waals surface area contributed by atoms with E-state index in [-0.39, 0.29) is 5.56 Å². The maximum Gasteiger partial charge on any atom is 0.416 e. The fourth-order valence-corrected chi connectivity index (χ4v) is 3.43. The maximum absolute atomic E-state index is 13.0. The molecule has 168 valence electrons. The van der Waals surface area contributed by atoms with Gasteiger partial charge in [0.1, 0.15) is 11.8 Å². The number of halogens is 3. The molecule has 9 heteroatoms. The minimum Gasteiger partial charge on any atom is -0.496 e. The van der Waals surface area contributed by atoms with Gasteiger partial charge < -0.3 is 15.4 Å². The van der Waals surface area contributed by atoms with Crippen molar-refractivity contribution in [2.45, 2.75) is 31.6 Å². The quantitative estimate of drug-likeness (QED) is 0.588. The lowest BCUT2D eigenvalue weighted by atomic mass is 10.0. The highest BCUT2D eigenvalue weighted by molar-refractivity contribution is 7.98. The molecular weight excluding hydrogens is 429 g/mol. The lowest BCUT2D eigenvalue weighted by Gasteiger charge is -2.22. The van der Waals surface area contributed by atoms with E-state index in [0.717, 1.165) is 12.1 Å². The van der Waals surface area contributed by atoms with Crippen molar-refractivity contribution < 1.29 is 27.5 Å². The second-order valence-corrected chi connectivity index (χ2v) is 7.85. The van der Waals surface area contributed by atoms with Crippen molar-refractivity contribution in [1.29, 1.82) is 0 Å². The van der Waals surface area contributed by atoms with Gasteiger partial charge in [-0.05, 0) is 55.2 Å².